The maximum absolute atomic E-state index is 15.1. The van der Waals surface area contributed by atoms with Gasteiger partial charge in [-0.1, -0.05) is 60.7 Å². The zero-order valence-electron chi connectivity index (χ0n) is 20.5. The monoisotopic (exact) mass is 532 g/mol. The van der Waals surface area contributed by atoms with Crippen molar-refractivity contribution in [2.75, 3.05) is 0 Å². The second kappa shape index (κ2) is 10.0. The van der Waals surface area contributed by atoms with Crippen molar-refractivity contribution in [3.05, 3.63) is 112 Å². The molecule has 10 heteroatoms. The topological polar surface area (TPSA) is 127 Å². The van der Waals surface area contributed by atoms with Crippen LogP contribution in [0.1, 0.15) is 18.9 Å². The summed E-state index contributed by atoms with van der Waals surface area (Å²) >= 11 is 0. The van der Waals surface area contributed by atoms with E-state index in [1.165, 1.54) is 36.1 Å². The summed E-state index contributed by atoms with van der Waals surface area (Å²) in [5.74, 6) is -1.95. The standard InChI is InChI=1S/C28H25N2O7P/c1-18(31)25-23-16-24(38(36,21-8-4-2-5-9-21)22-10-6-3-7-11-22)26(29(23)27(25)32)28(33)37-17-19-12-14-20(15-13-19)30(34)35/h2-15,18,23,25,31H,16-17H2,1H3/t18-,23-,25-/m1/s1. The molecule has 0 unspecified atom stereocenters. The predicted octanol–water partition coefficient (Wildman–Crippen LogP) is 3.48. The third-order valence-electron chi connectivity index (χ3n) is 7.04. The van der Waals surface area contributed by atoms with Gasteiger partial charge >= 0.3 is 5.97 Å². The van der Waals surface area contributed by atoms with Crippen LogP contribution >= 0.6 is 7.14 Å². The molecule has 3 aromatic rings. The molecule has 0 radical (unpaired) electrons. The first-order valence-corrected chi connectivity index (χ1v) is 13.8. The second-order valence-electron chi connectivity index (χ2n) is 9.32. The average Bonchev–Trinajstić information content (AvgIpc) is 3.27. The van der Waals surface area contributed by atoms with Crippen LogP contribution < -0.4 is 10.6 Å². The average molecular weight is 532 g/mol. The Morgan fingerprint density at radius 1 is 1.05 bits per heavy atom. The quantitative estimate of drug-likeness (QED) is 0.155. The molecule has 2 aliphatic rings. The summed E-state index contributed by atoms with van der Waals surface area (Å²) < 4.78 is 20.6. The van der Waals surface area contributed by atoms with Gasteiger partial charge in [0.25, 0.3) is 5.69 Å². The van der Waals surface area contributed by atoms with Gasteiger partial charge in [-0.3, -0.25) is 14.9 Å². The van der Waals surface area contributed by atoms with Crippen molar-refractivity contribution < 1.29 is 28.9 Å². The Labute approximate surface area is 218 Å². The van der Waals surface area contributed by atoms with Crippen LogP contribution in [0.3, 0.4) is 0 Å². The smallest absolute Gasteiger partial charge is 0.355 e. The number of aliphatic hydroxyl groups excluding tert-OH is 1. The SMILES string of the molecule is C[C@@H](O)[C@H]1C(=O)N2C(C(=O)OCc3ccc([N+](=O)[O-])cc3)=C(P(=O)(c3ccccc3)c3ccccc3)C[C@H]12. The molecule has 38 heavy (non-hydrogen) atoms. The molecule has 0 spiro atoms. The Kier molecular flexibility index (Phi) is 6.73. The van der Waals surface area contributed by atoms with E-state index in [0.29, 0.717) is 21.5 Å². The first-order valence-electron chi connectivity index (χ1n) is 12.1. The molecular formula is C28H25N2O7P. The van der Waals surface area contributed by atoms with Gasteiger partial charge < -0.3 is 19.3 Å². The molecule has 194 valence electrons. The second-order valence-corrected chi connectivity index (χ2v) is 12.1. The Morgan fingerprint density at radius 2 is 1.61 bits per heavy atom. The number of nitro groups is 1. The lowest BCUT2D eigenvalue weighted by Gasteiger charge is -2.44. The van der Waals surface area contributed by atoms with Crippen LogP contribution in [0.2, 0.25) is 0 Å². The minimum absolute atomic E-state index is 0.0603. The Morgan fingerprint density at radius 3 is 2.11 bits per heavy atom. The van der Waals surface area contributed by atoms with E-state index in [2.05, 4.69) is 0 Å². The van der Waals surface area contributed by atoms with Crippen LogP contribution in [-0.2, 0) is 25.5 Å². The number of nitrogens with zero attached hydrogens (tertiary/aromatic N) is 2. The number of esters is 1. The van der Waals surface area contributed by atoms with Crippen molar-refractivity contribution in [3.63, 3.8) is 0 Å². The van der Waals surface area contributed by atoms with Crippen LogP contribution in [0.4, 0.5) is 5.69 Å². The van der Waals surface area contributed by atoms with Crippen molar-refractivity contribution in [1.29, 1.82) is 0 Å². The molecule has 1 saturated heterocycles. The van der Waals surface area contributed by atoms with Gasteiger partial charge in [0.05, 0.1) is 23.0 Å². The van der Waals surface area contributed by atoms with Crippen molar-refractivity contribution in [2.45, 2.75) is 32.1 Å². The number of ether oxygens (including phenoxy) is 1. The zero-order chi connectivity index (χ0) is 27.0. The number of nitro benzene ring substituents is 1. The Bertz CT molecular complexity index is 1430. The van der Waals surface area contributed by atoms with Crippen molar-refractivity contribution >= 4 is 35.3 Å². The molecule has 1 amide bonds. The van der Waals surface area contributed by atoms with Gasteiger partial charge in [0.1, 0.15) is 12.3 Å². The van der Waals surface area contributed by atoms with Gasteiger partial charge in [0, 0.05) is 34.5 Å². The first kappa shape index (κ1) is 25.6. The molecular weight excluding hydrogens is 507 g/mol. The predicted molar refractivity (Wildman–Crippen MR) is 140 cm³/mol. The number of carbonyl (C=O) groups is 2. The normalized spacial score (nSPS) is 19.5. The number of β-lactam (4-membered cyclic amide) rings is 1. The van der Waals surface area contributed by atoms with E-state index in [1.807, 2.05) is 0 Å². The van der Waals surface area contributed by atoms with Gasteiger partial charge in [-0.15, -0.1) is 0 Å². The molecule has 9 nitrogen and oxygen atoms in total. The molecule has 3 atom stereocenters. The fourth-order valence-electron chi connectivity index (χ4n) is 5.18. The highest BCUT2D eigenvalue weighted by Crippen LogP contribution is 2.61. The van der Waals surface area contributed by atoms with Gasteiger partial charge in [-0.2, -0.15) is 0 Å². The molecule has 3 aromatic carbocycles. The minimum atomic E-state index is -3.58. The maximum atomic E-state index is 15.1. The summed E-state index contributed by atoms with van der Waals surface area (Å²) in [6.45, 7) is 1.33. The molecule has 1 fully saturated rings. The maximum Gasteiger partial charge on any atom is 0.355 e. The zero-order valence-corrected chi connectivity index (χ0v) is 21.4. The van der Waals surface area contributed by atoms with E-state index in [4.69, 9.17) is 4.74 Å². The fourth-order valence-corrected chi connectivity index (χ4v) is 8.23. The third kappa shape index (κ3) is 4.23. The number of non-ortho nitro benzene ring substituents is 1. The van der Waals surface area contributed by atoms with E-state index >= 15 is 4.57 Å². The van der Waals surface area contributed by atoms with E-state index in [0.717, 1.165) is 0 Å². The van der Waals surface area contributed by atoms with Gasteiger partial charge in [0.2, 0.25) is 5.91 Å². The van der Waals surface area contributed by atoms with Gasteiger partial charge in [0.15, 0.2) is 7.14 Å². The third-order valence-corrected chi connectivity index (χ3v) is 10.2. The van der Waals surface area contributed by atoms with Crippen molar-refractivity contribution in [1.82, 2.24) is 4.90 Å². The molecule has 2 aliphatic heterocycles. The summed E-state index contributed by atoms with van der Waals surface area (Å²) in [5.41, 5.74) is 0.368. The van der Waals surface area contributed by atoms with Crippen LogP contribution in [0.15, 0.2) is 95.9 Å². The lowest BCUT2D eigenvalue weighted by molar-refractivity contribution is -0.384. The highest BCUT2D eigenvalue weighted by molar-refractivity contribution is 7.82. The van der Waals surface area contributed by atoms with Gasteiger partial charge in [-0.05, 0) is 24.6 Å². The molecule has 0 bridgehead atoms. The molecule has 1 N–H and O–H groups in total. The highest BCUT2D eigenvalue weighted by atomic mass is 31.2. The van der Waals surface area contributed by atoms with Crippen molar-refractivity contribution in [3.8, 4) is 0 Å². The number of carbonyl (C=O) groups excluding carboxylic acids is 2. The largest absolute Gasteiger partial charge is 0.456 e. The molecule has 0 saturated carbocycles. The molecule has 2 heterocycles. The number of hydrogen-bond acceptors (Lipinski definition) is 7. The molecule has 0 aliphatic carbocycles. The van der Waals surface area contributed by atoms with Crippen LogP contribution in [0.5, 0.6) is 0 Å². The lowest BCUT2D eigenvalue weighted by Crippen LogP contribution is -2.61. The summed E-state index contributed by atoms with van der Waals surface area (Å²) in [4.78, 5) is 38.4. The first-order chi connectivity index (χ1) is 18.2. The van der Waals surface area contributed by atoms with Crippen molar-refractivity contribution in [2.24, 2.45) is 5.92 Å². The van der Waals surface area contributed by atoms with E-state index in [9.17, 15) is 24.8 Å². The fraction of sp³-hybridized carbons (Fsp3) is 0.214. The number of hydrogen-bond donors (Lipinski definition) is 1. The minimum Gasteiger partial charge on any atom is -0.456 e. The van der Waals surface area contributed by atoms with Crippen LogP contribution in [-0.4, -0.2) is 39.0 Å². The van der Waals surface area contributed by atoms with Crippen LogP contribution in [0.25, 0.3) is 0 Å². The summed E-state index contributed by atoms with van der Waals surface area (Å²) in [6.07, 6.45) is -0.780. The number of amides is 1. The number of rotatable bonds is 8. The lowest BCUT2D eigenvalue weighted by atomic mass is 9.83. The van der Waals surface area contributed by atoms with E-state index in [1.54, 1.807) is 60.7 Å². The summed E-state index contributed by atoms with van der Waals surface area (Å²) in [5, 5.41) is 22.5. The number of benzene rings is 3. The Hall–Kier alpha value is -4.07. The number of aliphatic hydroxyl groups is 1. The van der Waals surface area contributed by atoms with Gasteiger partial charge in [-0.25, -0.2) is 4.79 Å². The highest BCUT2D eigenvalue weighted by Gasteiger charge is 2.59. The summed E-state index contributed by atoms with van der Waals surface area (Å²) in [6, 6.07) is 22.7. The van der Waals surface area contributed by atoms with Crippen LogP contribution in [0, 0.1) is 16.0 Å². The Balaban J connectivity index is 1.57. The summed E-state index contributed by atoms with van der Waals surface area (Å²) in [7, 11) is -3.58. The molecule has 0 aromatic heterocycles. The van der Waals surface area contributed by atoms with E-state index in [-0.39, 0.29) is 24.4 Å². The molecule has 5 rings (SSSR count). The van der Waals surface area contributed by atoms with E-state index < -0.39 is 42.0 Å². The number of fused-ring (bicyclic) bond motifs is 1.